The Kier molecular flexibility index (Phi) is 7.78. The van der Waals surface area contributed by atoms with Crippen LogP contribution >= 0.6 is 11.6 Å². The molecule has 0 rings (SSSR count). The SMILES string of the molecule is CCC(CCOCC(C)C)C(C)Cl. The van der Waals surface area contributed by atoms with Gasteiger partial charge >= 0.3 is 0 Å². The van der Waals surface area contributed by atoms with Crippen LogP contribution in [0.5, 0.6) is 0 Å². The lowest BCUT2D eigenvalue weighted by Gasteiger charge is -2.17. The van der Waals surface area contributed by atoms with E-state index in [1.54, 1.807) is 0 Å². The highest BCUT2D eigenvalue weighted by Crippen LogP contribution is 2.18. The average Bonchev–Trinajstić information content (AvgIpc) is 2.03. The van der Waals surface area contributed by atoms with Gasteiger partial charge in [0.1, 0.15) is 0 Å². The lowest BCUT2D eigenvalue weighted by Crippen LogP contribution is -2.14. The van der Waals surface area contributed by atoms with E-state index in [0.717, 1.165) is 26.1 Å². The molecule has 0 saturated carbocycles. The molecule has 0 heterocycles. The number of ether oxygens (including phenoxy) is 1. The molecule has 0 aromatic carbocycles. The number of halogens is 1. The zero-order valence-corrected chi connectivity index (χ0v) is 10.1. The molecule has 0 spiro atoms. The van der Waals surface area contributed by atoms with Crippen LogP contribution in [0.15, 0.2) is 0 Å². The maximum Gasteiger partial charge on any atom is 0.0488 e. The molecule has 0 aromatic rings. The van der Waals surface area contributed by atoms with Crippen molar-refractivity contribution < 1.29 is 4.74 Å². The van der Waals surface area contributed by atoms with E-state index in [4.69, 9.17) is 16.3 Å². The van der Waals surface area contributed by atoms with E-state index in [2.05, 4.69) is 27.7 Å². The summed E-state index contributed by atoms with van der Waals surface area (Å²) in [6, 6.07) is 0. The number of rotatable bonds is 7. The van der Waals surface area contributed by atoms with E-state index >= 15 is 0 Å². The van der Waals surface area contributed by atoms with Crippen molar-refractivity contribution >= 4 is 11.6 Å². The number of hydrogen-bond acceptors (Lipinski definition) is 1. The summed E-state index contributed by atoms with van der Waals surface area (Å²) < 4.78 is 5.52. The topological polar surface area (TPSA) is 9.23 Å². The molecule has 0 N–H and O–H groups in total. The summed E-state index contributed by atoms with van der Waals surface area (Å²) in [7, 11) is 0. The van der Waals surface area contributed by atoms with Gasteiger partial charge in [0.05, 0.1) is 0 Å². The first-order chi connectivity index (χ1) is 6.07. The summed E-state index contributed by atoms with van der Waals surface area (Å²) in [6.07, 6.45) is 2.24. The van der Waals surface area contributed by atoms with Crippen LogP contribution in [-0.2, 0) is 4.74 Å². The highest BCUT2D eigenvalue weighted by atomic mass is 35.5. The van der Waals surface area contributed by atoms with E-state index in [1.165, 1.54) is 0 Å². The van der Waals surface area contributed by atoms with Crippen LogP contribution in [0, 0.1) is 11.8 Å². The molecule has 0 radical (unpaired) electrons. The van der Waals surface area contributed by atoms with Gasteiger partial charge in [-0.1, -0.05) is 27.2 Å². The minimum atomic E-state index is 0.271. The maximum absolute atomic E-state index is 6.03. The Morgan fingerprint density at radius 3 is 2.23 bits per heavy atom. The summed E-state index contributed by atoms with van der Waals surface area (Å²) in [5.41, 5.74) is 0. The van der Waals surface area contributed by atoms with Gasteiger partial charge in [0.15, 0.2) is 0 Å². The van der Waals surface area contributed by atoms with Gasteiger partial charge in [-0.05, 0) is 25.2 Å². The van der Waals surface area contributed by atoms with Crippen molar-refractivity contribution in [1.29, 1.82) is 0 Å². The number of hydrogen-bond donors (Lipinski definition) is 0. The summed E-state index contributed by atoms with van der Waals surface area (Å²) in [4.78, 5) is 0. The second-order valence-electron chi connectivity index (χ2n) is 4.10. The lowest BCUT2D eigenvalue weighted by molar-refractivity contribution is 0.0972. The van der Waals surface area contributed by atoms with E-state index in [0.29, 0.717) is 11.8 Å². The van der Waals surface area contributed by atoms with E-state index in [1.807, 2.05) is 0 Å². The molecule has 0 aliphatic rings. The smallest absolute Gasteiger partial charge is 0.0488 e. The molecule has 0 aliphatic heterocycles. The van der Waals surface area contributed by atoms with Gasteiger partial charge in [0.25, 0.3) is 0 Å². The lowest BCUT2D eigenvalue weighted by atomic mass is 10.00. The highest BCUT2D eigenvalue weighted by molar-refractivity contribution is 6.20. The molecule has 0 amide bonds. The third kappa shape index (κ3) is 7.33. The van der Waals surface area contributed by atoms with Crippen LogP contribution in [-0.4, -0.2) is 18.6 Å². The molecule has 80 valence electrons. The molecule has 2 atom stereocenters. The van der Waals surface area contributed by atoms with Gasteiger partial charge in [0, 0.05) is 18.6 Å². The monoisotopic (exact) mass is 206 g/mol. The second kappa shape index (κ2) is 7.64. The molecule has 13 heavy (non-hydrogen) atoms. The fourth-order valence-electron chi connectivity index (χ4n) is 1.31. The van der Waals surface area contributed by atoms with Crippen molar-refractivity contribution in [2.75, 3.05) is 13.2 Å². The number of alkyl halides is 1. The molecule has 0 saturated heterocycles. The predicted octanol–water partition coefficient (Wildman–Crippen LogP) is 3.70. The Labute approximate surface area is 87.8 Å². The molecular formula is C11H23ClO. The minimum absolute atomic E-state index is 0.271. The summed E-state index contributed by atoms with van der Waals surface area (Å²) in [5.74, 6) is 1.24. The van der Waals surface area contributed by atoms with E-state index in [9.17, 15) is 0 Å². The molecule has 0 bridgehead atoms. The van der Waals surface area contributed by atoms with Crippen LogP contribution in [0.4, 0.5) is 0 Å². The average molecular weight is 207 g/mol. The quantitative estimate of drug-likeness (QED) is 0.456. The van der Waals surface area contributed by atoms with Crippen LogP contribution < -0.4 is 0 Å². The highest BCUT2D eigenvalue weighted by Gasteiger charge is 2.12. The van der Waals surface area contributed by atoms with Crippen molar-refractivity contribution in [3.63, 3.8) is 0 Å². The van der Waals surface area contributed by atoms with Gasteiger partial charge in [-0.15, -0.1) is 11.6 Å². The predicted molar refractivity (Wildman–Crippen MR) is 59.4 cm³/mol. The molecule has 1 nitrogen and oxygen atoms in total. The fourth-order valence-corrected chi connectivity index (χ4v) is 1.62. The second-order valence-corrected chi connectivity index (χ2v) is 4.79. The Balaban J connectivity index is 3.39. The van der Waals surface area contributed by atoms with Crippen molar-refractivity contribution in [1.82, 2.24) is 0 Å². The first kappa shape index (κ1) is 13.2. The Morgan fingerprint density at radius 2 is 1.85 bits per heavy atom. The van der Waals surface area contributed by atoms with E-state index < -0.39 is 0 Å². The van der Waals surface area contributed by atoms with Gasteiger partial charge in [0.2, 0.25) is 0 Å². The van der Waals surface area contributed by atoms with Crippen LogP contribution in [0.3, 0.4) is 0 Å². The first-order valence-electron chi connectivity index (χ1n) is 5.29. The first-order valence-corrected chi connectivity index (χ1v) is 5.73. The molecule has 2 heteroatoms. The van der Waals surface area contributed by atoms with Crippen molar-refractivity contribution in [2.24, 2.45) is 11.8 Å². The molecule has 2 unspecified atom stereocenters. The van der Waals surface area contributed by atoms with Gasteiger partial charge in [-0.25, -0.2) is 0 Å². The van der Waals surface area contributed by atoms with Gasteiger partial charge < -0.3 is 4.74 Å². The van der Waals surface area contributed by atoms with Crippen molar-refractivity contribution in [3.05, 3.63) is 0 Å². The van der Waals surface area contributed by atoms with E-state index in [-0.39, 0.29) is 5.38 Å². The van der Waals surface area contributed by atoms with Gasteiger partial charge in [-0.3, -0.25) is 0 Å². The Hall–Kier alpha value is 0.250. The third-order valence-corrected chi connectivity index (χ3v) is 2.61. The van der Waals surface area contributed by atoms with Crippen LogP contribution in [0.1, 0.15) is 40.5 Å². The van der Waals surface area contributed by atoms with Crippen LogP contribution in [0.25, 0.3) is 0 Å². The van der Waals surface area contributed by atoms with Crippen molar-refractivity contribution in [3.8, 4) is 0 Å². The maximum atomic E-state index is 6.03. The molecule has 0 aromatic heterocycles. The Bertz CT molecular complexity index is 113. The zero-order chi connectivity index (χ0) is 10.3. The summed E-state index contributed by atoms with van der Waals surface area (Å²) >= 11 is 6.03. The summed E-state index contributed by atoms with van der Waals surface area (Å²) in [6.45, 7) is 10.3. The third-order valence-electron chi connectivity index (χ3n) is 2.26. The molecular weight excluding hydrogens is 184 g/mol. The molecule has 0 aliphatic carbocycles. The largest absolute Gasteiger partial charge is 0.381 e. The normalized spacial score (nSPS) is 16.2. The standard InChI is InChI=1S/C11H23ClO/c1-5-11(10(4)12)6-7-13-8-9(2)3/h9-11H,5-8H2,1-4H3. The minimum Gasteiger partial charge on any atom is -0.381 e. The fraction of sp³-hybridized carbons (Fsp3) is 1.00. The van der Waals surface area contributed by atoms with Gasteiger partial charge in [-0.2, -0.15) is 0 Å². The van der Waals surface area contributed by atoms with Crippen LogP contribution in [0.2, 0.25) is 0 Å². The zero-order valence-electron chi connectivity index (χ0n) is 9.35. The Morgan fingerprint density at radius 1 is 1.23 bits per heavy atom. The van der Waals surface area contributed by atoms with Crippen molar-refractivity contribution in [2.45, 2.75) is 45.9 Å². The summed E-state index contributed by atoms with van der Waals surface area (Å²) in [5, 5.41) is 0.271. The molecule has 0 fully saturated rings.